The Kier molecular flexibility index (Phi) is 4.77. The topological polar surface area (TPSA) is 72.8 Å². The zero-order chi connectivity index (χ0) is 16.3. The predicted molar refractivity (Wildman–Crippen MR) is 87.1 cm³/mol. The summed E-state index contributed by atoms with van der Waals surface area (Å²) in [5.41, 5.74) is -0.0182. The van der Waals surface area contributed by atoms with Crippen molar-refractivity contribution in [2.75, 3.05) is 51.3 Å². The number of aromatic nitrogens is 2. The summed E-state index contributed by atoms with van der Waals surface area (Å²) >= 11 is 0. The molecule has 0 saturated carbocycles. The minimum absolute atomic E-state index is 0.0182. The molecule has 1 N–H and O–H groups in total. The van der Waals surface area contributed by atoms with Crippen molar-refractivity contribution in [1.82, 2.24) is 19.8 Å². The number of piperazine rings is 1. The molecular formula is C16H25N5O2. The molecule has 2 aliphatic heterocycles. The molecule has 23 heavy (non-hydrogen) atoms. The molecule has 0 aromatic carbocycles. The molecule has 1 atom stereocenters. The van der Waals surface area contributed by atoms with Crippen LogP contribution < -0.4 is 4.90 Å². The number of anilines is 1. The van der Waals surface area contributed by atoms with E-state index in [1.165, 1.54) is 0 Å². The Morgan fingerprint density at radius 2 is 2.13 bits per heavy atom. The van der Waals surface area contributed by atoms with Crippen molar-refractivity contribution in [3.63, 3.8) is 0 Å². The average molecular weight is 319 g/mol. The van der Waals surface area contributed by atoms with Crippen LogP contribution in [-0.2, 0) is 4.79 Å². The van der Waals surface area contributed by atoms with Crippen LogP contribution in [0, 0.1) is 0 Å². The summed E-state index contributed by atoms with van der Waals surface area (Å²) in [5, 5.41) is 9.14. The van der Waals surface area contributed by atoms with Gasteiger partial charge < -0.3 is 14.9 Å². The Morgan fingerprint density at radius 1 is 1.26 bits per heavy atom. The molecule has 2 saturated heterocycles. The Bertz CT molecular complexity index is 541. The standard InChI is InChI=1S/C16H25N5O2/c1-19-8-9-21(14-12-17-5-6-18-14)13-16(19)3-2-15(23)20(7-4-16)10-11-22/h5-6,12,22H,2-4,7-11,13H2,1H3/t16-/m0/s1. The number of likely N-dealkylation sites (tertiary alicyclic amines) is 1. The monoisotopic (exact) mass is 319 g/mol. The molecular weight excluding hydrogens is 294 g/mol. The van der Waals surface area contributed by atoms with Crippen molar-refractivity contribution < 1.29 is 9.90 Å². The van der Waals surface area contributed by atoms with E-state index in [0.29, 0.717) is 19.5 Å². The third-order valence-corrected chi connectivity index (χ3v) is 5.25. The first-order valence-electron chi connectivity index (χ1n) is 8.25. The zero-order valence-corrected chi connectivity index (χ0v) is 13.7. The van der Waals surface area contributed by atoms with Gasteiger partial charge in [-0.25, -0.2) is 4.98 Å². The molecule has 1 spiro atoms. The van der Waals surface area contributed by atoms with Gasteiger partial charge in [0.2, 0.25) is 5.91 Å². The summed E-state index contributed by atoms with van der Waals surface area (Å²) in [6, 6.07) is 0. The van der Waals surface area contributed by atoms with Crippen LogP contribution in [-0.4, -0.2) is 82.7 Å². The molecule has 1 aromatic rings. The molecule has 0 unspecified atom stereocenters. The van der Waals surface area contributed by atoms with Crippen molar-refractivity contribution in [3.05, 3.63) is 18.6 Å². The maximum Gasteiger partial charge on any atom is 0.222 e. The number of β-amino-alcohol motifs (C(OH)–C–C–N with tert-alkyl or cyclic N) is 1. The van der Waals surface area contributed by atoms with Gasteiger partial charge in [-0.2, -0.15) is 0 Å². The lowest BCUT2D eigenvalue weighted by atomic mass is 9.86. The third kappa shape index (κ3) is 3.30. The third-order valence-electron chi connectivity index (χ3n) is 5.25. The number of amides is 1. The highest BCUT2D eigenvalue weighted by Gasteiger charge is 2.42. The van der Waals surface area contributed by atoms with Crippen LogP contribution in [0.15, 0.2) is 18.6 Å². The van der Waals surface area contributed by atoms with E-state index in [-0.39, 0.29) is 18.1 Å². The molecule has 7 heteroatoms. The highest BCUT2D eigenvalue weighted by Crippen LogP contribution is 2.33. The molecule has 0 radical (unpaired) electrons. The fourth-order valence-corrected chi connectivity index (χ4v) is 3.70. The SMILES string of the molecule is CN1CCN(c2cnccn2)C[C@@]12CCC(=O)N(CCO)CC2. The van der Waals surface area contributed by atoms with E-state index < -0.39 is 0 Å². The number of aliphatic hydroxyl groups is 1. The summed E-state index contributed by atoms with van der Waals surface area (Å²) in [6.45, 7) is 3.91. The zero-order valence-electron chi connectivity index (χ0n) is 13.7. The molecule has 2 aliphatic rings. The fourth-order valence-electron chi connectivity index (χ4n) is 3.70. The second-order valence-electron chi connectivity index (χ2n) is 6.49. The summed E-state index contributed by atoms with van der Waals surface area (Å²) < 4.78 is 0. The average Bonchev–Trinajstić information content (AvgIpc) is 2.73. The van der Waals surface area contributed by atoms with Gasteiger partial charge in [-0.05, 0) is 19.9 Å². The Balaban J connectivity index is 1.77. The van der Waals surface area contributed by atoms with Gasteiger partial charge in [-0.3, -0.25) is 14.7 Å². The number of hydrogen-bond acceptors (Lipinski definition) is 6. The minimum atomic E-state index is -0.0182. The maximum atomic E-state index is 12.2. The lowest BCUT2D eigenvalue weighted by Crippen LogP contribution is -2.61. The molecule has 7 nitrogen and oxygen atoms in total. The van der Waals surface area contributed by atoms with Crippen LogP contribution in [0.2, 0.25) is 0 Å². The van der Waals surface area contributed by atoms with E-state index in [0.717, 1.165) is 38.3 Å². The molecule has 3 heterocycles. The fraction of sp³-hybridized carbons (Fsp3) is 0.688. The Hall–Kier alpha value is -1.73. The van der Waals surface area contributed by atoms with Gasteiger partial charge in [-0.1, -0.05) is 0 Å². The lowest BCUT2D eigenvalue weighted by Gasteiger charge is -2.49. The molecule has 1 amide bonds. The number of carbonyl (C=O) groups excluding carboxylic acids is 1. The first-order chi connectivity index (χ1) is 11.1. The lowest BCUT2D eigenvalue weighted by molar-refractivity contribution is -0.131. The summed E-state index contributed by atoms with van der Waals surface area (Å²) in [5.74, 6) is 1.06. The number of aliphatic hydroxyl groups excluding tert-OH is 1. The van der Waals surface area contributed by atoms with Crippen molar-refractivity contribution in [2.45, 2.75) is 24.8 Å². The van der Waals surface area contributed by atoms with Crippen molar-refractivity contribution in [2.24, 2.45) is 0 Å². The second kappa shape index (κ2) is 6.80. The minimum Gasteiger partial charge on any atom is -0.395 e. The van der Waals surface area contributed by atoms with Crippen LogP contribution >= 0.6 is 0 Å². The van der Waals surface area contributed by atoms with Crippen molar-refractivity contribution >= 4 is 11.7 Å². The van der Waals surface area contributed by atoms with Crippen LogP contribution in [0.4, 0.5) is 5.82 Å². The van der Waals surface area contributed by atoms with Gasteiger partial charge in [0, 0.05) is 57.1 Å². The predicted octanol–water partition coefficient (Wildman–Crippen LogP) is -0.0280. The van der Waals surface area contributed by atoms with Gasteiger partial charge in [0.15, 0.2) is 0 Å². The molecule has 126 valence electrons. The van der Waals surface area contributed by atoms with Gasteiger partial charge in [0.05, 0.1) is 12.8 Å². The van der Waals surface area contributed by atoms with Crippen LogP contribution in [0.3, 0.4) is 0 Å². The molecule has 0 bridgehead atoms. The molecule has 1 aromatic heterocycles. The Morgan fingerprint density at radius 3 is 2.87 bits per heavy atom. The van der Waals surface area contributed by atoms with Crippen molar-refractivity contribution in [3.8, 4) is 0 Å². The first-order valence-corrected chi connectivity index (χ1v) is 8.25. The molecule has 0 aliphatic carbocycles. The number of hydrogen-bond donors (Lipinski definition) is 1. The van der Waals surface area contributed by atoms with Gasteiger partial charge in [-0.15, -0.1) is 0 Å². The quantitative estimate of drug-likeness (QED) is 0.844. The van der Waals surface area contributed by atoms with E-state index >= 15 is 0 Å². The first kappa shape index (κ1) is 16.1. The van der Waals surface area contributed by atoms with E-state index in [1.54, 1.807) is 23.5 Å². The van der Waals surface area contributed by atoms with Crippen molar-refractivity contribution in [1.29, 1.82) is 0 Å². The number of likely N-dealkylation sites (N-methyl/N-ethyl adjacent to an activating group) is 1. The molecule has 2 fully saturated rings. The van der Waals surface area contributed by atoms with E-state index in [2.05, 4.69) is 26.8 Å². The number of nitrogens with zero attached hydrogens (tertiary/aromatic N) is 5. The van der Waals surface area contributed by atoms with Gasteiger partial charge in [0.1, 0.15) is 5.82 Å². The van der Waals surface area contributed by atoms with Crippen LogP contribution in [0.1, 0.15) is 19.3 Å². The highest BCUT2D eigenvalue weighted by molar-refractivity contribution is 5.76. The maximum absolute atomic E-state index is 12.2. The smallest absolute Gasteiger partial charge is 0.222 e. The largest absolute Gasteiger partial charge is 0.395 e. The summed E-state index contributed by atoms with van der Waals surface area (Å²) in [7, 11) is 2.15. The van der Waals surface area contributed by atoms with Gasteiger partial charge in [0.25, 0.3) is 0 Å². The highest BCUT2D eigenvalue weighted by atomic mass is 16.3. The van der Waals surface area contributed by atoms with Crippen LogP contribution in [0.5, 0.6) is 0 Å². The number of rotatable bonds is 3. The van der Waals surface area contributed by atoms with E-state index in [4.69, 9.17) is 5.11 Å². The van der Waals surface area contributed by atoms with Crippen LogP contribution in [0.25, 0.3) is 0 Å². The van der Waals surface area contributed by atoms with E-state index in [9.17, 15) is 4.79 Å². The normalized spacial score (nSPS) is 26.6. The Labute approximate surface area is 136 Å². The summed E-state index contributed by atoms with van der Waals surface area (Å²) in [6.07, 6.45) is 7.52. The number of carbonyl (C=O) groups is 1. The summed E-state index contributed by atoms with van der Waals surface area (Å²) in [4.78, 5) is 27.3. The van der Waals surface area contributed by atoms with E-state index in [1.807, 2.05) is 0 Å². The molecule has 3 rings (SSSR count). The second-order valence-corrected chi connectivity index (χ2v) is 6.49. The van der Waals surface area contributed by atoms with Gasteiger partial charge >= 0.3 is 0 Å².